The number of rotatable bonds is 2. The predicted octanol–water partition coefficient (Wildman–Crippen LogP) is 5.08. The second-order valence-electron chi connectivity index (χ2n) is 15.0. The standard InChI is InChI=1S/C30H50O4/c1-25(2)13-14-30(18-32)20(15-25)19-7-8-22-26(3)11-10-23(33)27(4,17-31)21(26)9-12-28(22,5)29(19,6)16-24(30)34/h7,20-24,31-34H,8-18H2,1-6H3/t20-,21?,22-,23?,24?,26+,27?,28-,29-,30-/m1/s1. The van der Waals surface area contributed by atoms with Crippen LogP contribution >= 0.6 is 0 Å². The van der Waals surface area contributed by atoms with Crippen molar-refractivity contribution in [2.45, 2.75) is 112 Å². The van der Waals surface area contributed by atoms with E-state index in [0.29, 0.717) is 11.8 Å². The van der Waals surface area contributed by atoms with Crippen molar-refractivity contribution in [1.29, 1.82) is 0 Å². The second-order valence-corrected chi connectivity index (χ2v) is 15.0. The van der Waals surface area contributed by atoms with Gasteiger partial charge in [-0.1, -0.05) is 53.2 Å². The molecule has 4 fully saturated rings. The molecule has 10 atom stereocenters. The zero-order valence-electron chi connectivity index (χ0n) is 22.5. The van der Waals surface area contributed by atoms with Crippen molar-refractivity contribution in [3.63, 3.8) is 0 Å². The third-order valence-electron chi connectivity index (χ3n) is 13.3. The summed E-state index contributed by atoms with van der Waals surface area (Å²) < 4.78 is 0. The van der Waals surface area contributed by atoms with E-state index in [2.05, 4.69) is 47.6 Å². The van der Waals surface area contributed by atoms with Crippen LogP contribution in [0.1, 0.15) is 99.3 Å². The maximum atomic E-state index is 11.7. The minimum atomic E-state index is -0.474. The zero-order chi connectivity index (χ0) is 24.9. The van der Waals surface area contributed by atoms with E-state index in [9.17, 15) is 20.4 Å². The van der Waals surface area contributed by atoms with E-state index in [0.717, 1.165) is 57.8 Å². The normalized spacial score (nSPS) is 56.4. The Kier molecular flexibility index (Phi) is 5.61. The lowest BCUT2D eigenvalue weighted by Crippen LogP contribution is -2.67. The van der Waals surface area contributed by atoms with Crippen molar-refractivity contribution in [2.24, 2.45) is 50.2 Å². The van der Waals surface area contributed by atoms with Crippen molar-refractivity contribution in [2.75, 3.05) is 13.2 Å². The Bertz CT molecular complexity index is 866. The maximum Gasteiger partial charge on any atom is 0.0632 e. The Morgan fingerprint density at radius 1 is 0.794 bits per heavy atom. The predicted molar refractivity (Wildman–Crippen MR) is 135 cm³/mol. The van der Waals surface area contributed by atoms with Gasteiger partial charge in [0.15, 0.2) is 0 Å². The molecule has 5 aliphatic carbocycles. The molecule has 4 N–H and O–H groups in total. The Hall–Kier alpha value is -0.420. The lowest BCUT2D eigenvalue weighted by molar-refractivity contribution is -0.227. The number of hydrogen-bond acceptors (Lipinski definition) is 4. The third-order valence-corrected chi connectivity index (χ3v) is 13.3. The number of aliphatic hydroxyl groups excluding tert-OH is 4. The highest BCUT2D eigenvalue weighted by atomic mass is 16.3. The minimum absolute atomic E-state index is 0.0467. The van der Waals surface area contributed by atoms with Gasteiger partial charge in [-0.15, -0.1) is 0 Å². The summed E-state index contributed by atoms with van der Waals surface area (Å²) >= 11 is 0. The van der Waals surface area contributed by atoms with Crippen LogP contribution in [0.2, 0.25) is 0 Å². The summed E-state index contributed by atoms with van der Waals surface area (Å²) in [5.41, 5.74) is 0.960. The van der Waals surface area contributed by atoms with Crippen molar-refractivity contribution in [3.8, 4) is 0 Å². The lowest BCUT2D eigenvalue weighted by Gasteiger charge is -2.72. The molecule has 0 aromatic carbocycles. The van der Waals surface area contributed by atoms with Gasteiger partial charge in [-0.3, -0.25) is 0 Å². The number of hydrogen-bond donors (Lipinski definition) is 4. The van der Waals surface area contributed by atoms with Gasteiger partial charge in [0, 0.05) is 10.8 Å². The molecule has 4 unspecified atom stereocenters. The summed E-state index contributed by atoms with van der Waals surface area (Å²) in [4.78, 5) is 0. The van der Waals surface area contributed by atoms with E-state index < -0.39 is 23.0 Å². The minimum Gasteiger partial charge on any atom is -0.396 e. The summed E-state index contributed by atoms with van der Waals surface area (Å²) in [6, 6.07) is 0. The molecule has 0 heterocycles. The van der Waals surface area contributed by atoms with E-state index in [4.69, 9.17) is 0 Å². The largest absolute Gasteiger partial charge is 0.396 e. The average molecular weight is 475 g/mol. The fraction of sp³-hybridized carbons (Fsp3) is 0.933. The molecular weight excluding hydrogens is 424 g/mol. The van der Waals surface area contributed by atoms with E-state index >= 15 is 0 Å². The molecule has 4 nitrogen and oxygen atoms in total. The number of aliphatic hydroxyl groups is 4. The Morgan fingerprint density at radius 3 is 2.15 bits per heavy atom. The molecule has 0 radical (unpaired) electrons. The van der Waals surface area contributed by atoms with Crippen LogP contribution in [0.4, 0.5) is 0 Å². The molecule has 0 spiro atoms. The molecule has 4 heteroatoms. The molecule has 0 aromatic rings. The molecule has 0 saturated heterocycles. The van der Waals surface area contributed by atoms with Crippen molar-refractivity contribution in [1.82, 2.24) is 0 Å². The molecule has 194 valence electrons. The quantitative estimate of drug-likeness (QED) is 0.421. The first kappa shape index (κ1) is 25.2. The van der Waals surface area contributed by atoms with Crippen LogP contribution in [0.15, 0.2) is 11.6 Å². The first-order valence-corrected chi connectivity index (χ1v) is 14.0. The van der Waals surface area contributed by atoms with Gasteiger partial charge in [0.25, 0.3) is 0 Å². The van der Waals surface area contributed by atoms with Crippen LogP contribution in [0, 0.1) is 50.2 Å². The first-order chi connectivity index (χ1) is 15.7. The Labute approximate surface area is 207 Å². The zero-order valence-corrected chi connectivity index (χ0v) is 22.5. The molecule has 0 aliphatic heterocycles. The van der Waals surface area contributed by atoms with Crippen LogP contribution in [0.3, 0.4) is 0 Å². The van der Waals surface area contributed by atoms with Gasteiger partial charge in [0.2, 0.25) is 0 Å². The summed E-state index contributed by atoms with van der Waals surface area (Å²) in [5, 5.41) is 43.7. The fourth-order valence-electron chi connectivity index (χ4n) is 10.7. The fourth-order valence-corrected chi connectivity index (χ4v) is 10.7. The van der Waals surface area contributed by atoms with Crippen LogP contribution < -0.4 is 0 Å². The van der Waals surface area contributed by atoms with E-state index in [1.54, 1.807) is 0 Å². The van der Waals surface area contributed by atoms with E-state index in [-0.39, 0.29) is 40.8 Å². The van der Waals surface area contributed by atoms with Crippen LogP contribution in [0.25, 0.3) is 0 Å². The van der Waals surface area contributed by atoms with E-state index in [1.165, 1.54) is 5.57 Å². The van der Waals surface area contributed by atoms with Crippen molar-refractivity contribution in [3.05, 3.63) is 11.6 Å². The molecule has 0 amide bonds. The van der Waals surface area contributed by atoms with Gasteiger partial charge in [-0.05, 0) is 97.2 Å². The maximum absolute atomic E-state index is 11.7. The van der Waals surface area contributed by atoms with Crippen molar-refractivity contribution < 1.29 is 20.4 Å². The molecule has 34 heavy (non-hydrogen) atoms. The highest BCUT2D eigenvalue weighted by molar-refractivity contribution is 5.35. The SMILES string of the molecule is CC1(C)CC[C@]2(CO)C(O)C[C@]3(C)C(=CC[C@@H]4[C@@]5(C)CCC(O)C(C)(CO)C5CC[C@]43C)[C@H]2C1. The third kappa shape index (κ3) is 2.92. The summed E-state index contributed by atoms with van der Waals surface area (Å²) in [7, 11) is 0. The smallest absolute Gasteiger partial charge is 0.0632 e. The van der Waals surface area contributed by atoms with Gasteiger partial charge in [-0.25, -0.2) is 0 Å². The molecular formula is C30H50O4. The van der Waals surface area contributed by atoms with E-state index in [1.807, 2.05) is 0 Å². The Balaban J connectivity index is 1.61. The first-order valence-electron chi connectivity index (χ1n) is 14.0. The monoisotopic (exact) mass is 474 g/mol. The van der Waals surface area contributed by atoms with Crippen molar-refractivity contribution >= 4 is 0 Å². The summed E-state index contributed by atoms with van der Waals surface area (Å²) in [6.07, 6.45) is 10.3. The molecule has 5 rings (SSSR count). The summed E-state index contributed by atoms with van der Waals surface area (Å²) in [5.74, 6) is 1.02. The number of fused-ring (bicyclic) bond motifs is 7. The van der Waals surface area contributed by atoms with Gasteiger partial charge in [0.05, 0.1) is 25.4 Å². The average Bonchev–Trinajstić information content (AvgIpc) is 2.77. The van der Waals surface area contributed by atoms with Crippen LogP contribution in [-0.4, -0.2) is 45.8 Å². The lowest BCUT2D eigenvalue weighted by atomic mass is 9.33. The Morgan fingerprint density at radius 2 is 1.50 bits per heavy atom. The highest BCUT2D eigenvalue weighted by Crippen LogP contribution is 2.75. The van der Waals surface area contributed by atoms with Gasteiger partial charge in [0.1, 0.15) is 0 Å². The van der Waals surface area contributed by atoms with Gasteiger partial charge in [-0.2, -0.15) is 0 Å². The molecule has 0 aromatic heterocycles. The van der Waals surface area contributed by atoms with Crippen LogP contribution in [-0.2, 0) is 0 Å². The molecule has 5 aliphatic rings. The molecule has 0 bridgehead atoms. The second kappa shape index (κ2) is 7.55. The number of allylic oxidation sites excluding steroid dienone is 2. The highest BCUT2D eigenvalue weighted by Gasteiger charge is 2.70. The van der Waals surface area contributed by atoms with Crippen LogP contribution in [0.5, 0.6) is 0 Å². The molecule has 4 saturated carbocycles. The summed E-state index contributed by atoms with van der Waals surface area (Å²) in [6.45, 7) is 14.3. The van der Waals surface area contributed by atoms with Gasteiger partial charge >= 0.3 is 0 Å². The topological polar surface area (TPSA) is 80.9 Å². The van der Waals surface area contributed by atoms with Gasteiger partial charge < -0.3 is 20.4 Å².